The number of hydrogen-bond donors (Lipinski definition) is 1. The van der Waals surface area contributed by atoms with E-state index in [0.29, 0.717) is 6.54 Å². The maximum atomic E-state index is 11.4. The highest BCUT2D eigenvalue weighted by Crippen LogP contribution is 2.32. The largest absolute Gasteiger partial charge is 0.481 e. The first-order chi connectivity index (χ1) is 11.1. The summed E-state index contributed by atoms with van der Waals surface area (Å²) in [4.78, 5) is 17.9. The van der Waals surface area contributed by atoms with Gasteiger partial charge < -0.3 is 5.11 Å². The third-order valence-corrected chi connectivity index (χ3v) is 4.88. The molecule has 3 rings (SSSR count). The second kappa shape index (κ2) is 7.23. The molecule has 0 amide bonds. The van der Waals surface area contributed by atoms with E-state index in [9.17, 15) is 9.90 Å². The van der Waals surface area contributed by atoms with Gasteiger partial charge in [-0.3, -0.25) is 14.7 Å². The Balaban J connectivity index is 1.95. The van der Waals surface area contributed by atoms with Gasteiger partial charge in [-0.05, 0) is 48.7 Å². The quantitative estimate of drug-likeness (QED) is 0.885. The van der Waals surface area contributed by atoms with Crippen molar-refractivity contribution in [1.29, 1.82) is 0 Å². The van der Waals surface area contributed by atoms with E-state index in [0.717, 1.165) is 35.0 Å². The lowest BCUT2D eigenvalue weighted by molar-refractivity contribution is -0.143. The number of rotatable bonds is 4. The van der Waals surface area contributed by atoms with Gasteiger partial charge in [-0.2, -0.15) is 0 Å². The molecule has 23 heavy (non-hydrogen) atoms. The van der Waals surface area contributed by atoms with Crippen molar-refractivity contribution < 1.29 is 9.90 Å². The fourth-order valence-corrected chi connectivity index (χ4v) is 3.50. The van der Waals surface area contributed by atoms with Gasteiger partial charge in [0, 0.05) is 23.4 Å². The number of pyridine rings is 1. The van der Waals surface area contributed by atoms with Gasteiger partial charge >= 0.3 is 5.97 Å². The van der Waals surface area contributed by atoms with Crippen molar-refractivity contribution in [2.24, 2.45) is 5.92 Å². The minimum Gasteiger partial charge on any atom is -0.481 e. The molecule has 0 radical (unpaired) electrons. The van der Waals surface area contributed by atoms with Crippen molar-refractivity contribution in [2.75, 3.05) is 13.1 Å². The molecule has 2 aromatic rings. The zero-order valence-electron chi connectivity index (χ0n) is 12.7. The molecular weight excluding hydrogens is 356 g/mol. The van der Waals surface area contributed by atoms with Crippen LogP contribution in [0.5, 0.6) is 0 Å². The molecule has 120 valence electrons. The molecule has 1 aliphatic rings. The second-order valence-corrected chi connectivity index (χ2v) is 6.83. The zero-order valence-corrected chi connectivity index (χ0v) is 14.3. The van der Waals surface area contributed by atoms with E-state index in [1.165, 1.54) is 0 Å². The first-order valence-electron chi connectivity index (χ1n) is 7.77. The molecule has 1 N–H and O–H groups in total. The van der Waals surface area contributed by atoms with Gasteiger partial charge in [0.15, 0.2) is 0 Å². The van der Waals surface area contributed by atoms with Crippen LogP contribution in [0.4, 0.5) is 0 Å². The van der Waals surface area contributed by atoms with Gasteiger partial charge in [-0.15, -0.1) is 0 Å². The number of carboxylic acids is 1. The van der Waals surface area contributed by atoms with Crippen LogP contribution in [0.2, 0.25) is 0 Å². The lowest BCUT2D eigenvalue weighted by Gasteiger charge is -2.37. The summed E-state index contributed by atoms with van der Waals surface area (Å²) in [5.41, 5.74) is 2.26. The predicted octanol–water partition coefficient (Wildman–Crippen LogP) is 3.73. The van der Waals surface area contributed by atoms with Crippen molar-refractivity contribution in [1.82, 2.24) is 9.88 Å². The first-order valence-corrected chi connectivity index (χ1v) is 8.56. The number of aromatic nitrogens is 1. The van der Waals surface area contributed by atoms with Gasteiger partial charge in [0.1, 0.15) is 0 Å². The summed E-state index contributed by atoms with van der Waals surface area (Å²) in [6.07, 6.45) is 5.30. The Morgan fingerprint density at radius 1 is 1.26 bits per heavy atom. The lowest BCUT2D eigenvalue weighted by atomic mass is 9.92. The van der Waals surface area contributed by atoms with Crippen LogP contribution in [-0.4, -0.2) is 34.0 Å². The minimum absolute atomic E-state index is 0.0407. The van der Waals surface area contributed by atoms with Crippen LogP contribution in [0.25, 0.3) is 0 Å². The van der Waals surface area contributed by atoms with Crippen molar-refractivity contribution >= 4 is 21.9 Å². The van der Waals surface area contributed by atoms with E-state index in [1.54, 1.807) is 6.20 Å². The van der Waals surface area contributed by atoms with Crippen LogP contribution < -0.4 is 0 Å². The normalized spacial score (nSPS) is 20.1. The van der Waals surface area contributed by atoms with Crippen LogP contribution in [0.15, 0.2) is 53.3 Å². The molecule has 0 saturated carbocycles. The average Bonchev–Trinajstić information content (AvgIpc) is 2.58. The highest BCUT2D eigenvalue weighted by Gasteiger charge is 2.31. The number of benzene rings is 1. The maximum Gasteiger partial charge on any atom is 0.307 e. The van der Waals surface area contributed by atoms with E-state index in [4.69, 9.17) is 0 Å². The summed E-state index contributed by atoms with van der Waals surface area (Å²) in [6, 6.07) is 12.3. The molecule has 1 saturated heterocycles. The standard InChI is InChI=1S/C18H19BrN2O2/c19-16-7-5-13(6-8-16)17(14-3-1-9-20-11-14)21-10-2-4-15(12-21)18(22)23/h1,3,5-9,11,15,17H,2,4,10,12H2,(H,22,23). The van der Waals surface area contributed by atoms with E-state index < -0.39 is 5.97 Å². The Kier molecular flexibility index (Phi) is 5.08. The summed E-state index contributed by atoms with van der Waals surface area (Å²) < 4.78 is 1.04. The van der Waals surface area contributed by atoms with Crippen molar-refractivity contribution in [2.45, 2.75) is 18.9 Å². The Morgan fingerprint density at radius 3 is 2.70 bits per heavy atom. The molecule has 0 aliphatic carbocycles. The molecule has 2 heterocycles. The molecule has 1 fully saturated rings. The third kappa shape index (κ3) is 3.79. The molecule has 1 aliphatic heterocycles. The zero-order chi connectivity index (χ0) is 16.2. The number of piperidine rings is 1. The summed E-state index contributed by atoms with van der Waals surface area (Å²) in [5.74, 6) is -0.992. The summed E-state index contributed by atoms with van der Waals surface area (Å²) in [5, 5.41) is 9.37. The minimum atomic E-state index is -0.699. The molecule has 1 aromatic heterocycles. The Labute approximate surface area is 144 Å². The number of carboxylic acid groups (broad SMARTS) is 1. The summed E-state index contributed by atoms with van der Waals surface area (Å²) in [6.45, 7) is 1.48. The molecule has 2 atom stereocenters. The van der Waals surface area contributed by atoms with E-state index in [2.05, 4.69) is 44.0 Å². The number of likely N-dealkylation sites (tertiary alicyclic amines) is 1. The summed E-state index contributed by atoms with van der Waals surface area (Å²) in [7, 11) is 0. The van der Waals surface area contributed by atoms with E-state index in [-0.39, 0.29) is 12.0 Å². The molecule has 4 nitrogen and oxygen atoms in total. The predicted molar refractivity (Wildman–Crippen MR) is 92.2 cm³/mol. The highest BCUT2D eigenvalue weighted by atomic mass is 79.9. The SMILES string of the molecule is O=C(O)C1CCCN(C(c2ccc(Br)cc2)c2cccnc2)C1. The van der Waals surface area contributed by atoms with Gasteiger partial charge in [0.05, 0.1) is 12.0 Å². The molecule has 0 bridgehead atoms. The number of nitrogens with zero attached hydrogens (tertiary/aromatic N) is 2. The smallest absolute Gasteiger partial charge is 0.307 e. The van der Waals surface area contributed by atoms with Gasteiger partial charge in [-0.25, -0.2) is 0 Å². The lowest BCUT2D eigenvalue weighted by Crippen LogP contribution is -2.41. The van der Waals surface area contributed by atoms with Crippen LogP contribution in [-0.2, 0) is 4.79 Å². The van der Waals surface area contributed by atoms with Crippen LogP contribution in [0.1, 0.15) is 30.0 Å². The third-order valence-electron chi connectivity index (χ3n) is 4.35. The van der Waals surface area contributed by atoms with Crippen molar-refractivity contribution in [3.63, 3.8) is 0 Å². The maximum absolute atomic E-state index is 11.4. The number of hydrogen-bond acceptors (Lipinski definition) is 3. The molecule has 5 heteroatoms. The Bertz CT molecular complexity index is 660. The molecule has 1 aromatic carbocycles. The fourth-order valence-electron chi connectivity index (χ4n) is 3.24. The first kappa shape index (κ1) is 16.1. The van der Waals surface area contributed by atoms with Crippen molar-refractivity contribution in [3.05, 3.63) is 64.4 Å². The van der Waals surface area contributed by atoms with Crippen LogP contribution in [0.3, 0.4) is 0 Å². The molecule has 0 spiro atoms. The Morgan fingerprint density at radius 2 is 2.04 bits per heavy atom. The highest BCUT2D eigenvalue weighted by molar-refractivity contribution is 9.10. The van der Waals surface area contributed by atoms with Gasteiger partial charge in [0.2, 0.25) is 0 Å². The van der Waals surface area contributed by atoms with Gasteiger partial charge in [0.25, 0.3) is 0 Å². The fraction of sp³-hybridized carbons (Fsp3) is 0.333. The van der Waals surface area contributed by atoms with Gasteiger partial charge in [-0.1, -0.05) is 34.1 Å². The van der Waals surface area contributed by atoms with Crippen molar-refractivity contribution in [3.8, 4) is 0 Å². The molecule has 2 unspecified atom stereocenters. The number of aliphatic carboxylic acids is 1. The van der Waals surface area contributed by atoms with E-state index >= 15 is 0 Å². The topological polar surface area (TPSA) is 53.4 Å². The number of halogens is 1. The van der Waals surface area contributed by atoms with E-state index in [1.807, 2.05) is 24.4 Å². The Hall–Kier alpha value is -1.72. The van der Waals surface area contributed by atoms with Crippen LogP contribution in [0, 0.1) is 5.92 Å². The molecular formula is C18H19BrN2O2. The van der Waals surface area contributed by atoms with Crippen LogP contribution >= 0.6 is 15.9 Å². The monoisotopic (exact) mass is 374 g/mol. The number of carbonyl (C=O) groups is 1. The summed E-state index contributed by atoms with van der Waals surface area (Å²) >= 11 is 3.47. The average molecular weight is 375 g/mol. The second-order valence-electron chi connectivity index (χ2n) is 5.91.